The van der Waals surface area contributed by atoms with Gasteiger partial charge in [0, 0.05) is 17.0 Å². The average molecular weight is 324 g/mol. The Labute approximate surface area is 138 Å². The van der Waals surface area contributed by atoms with Crippen LogP contribution in [-0.2, 0) is 6.54 Å². The Kier molecular flexibility index (Phi) is 3.39. The zero-order valence-electron chi connectivity index (χ0n) is 12.5. The maximum absolute atomic E-state index is 6.10. The molecule has 1 N–H and O–H groups in total. The summed E-state index contributed by atoms with van der Waals surface area (Å²) in [6, 6.07) is 15.7. The van der Waals surface area contributed by atoms with E-state index in [1.807, 2.05) is 43.3 Å². The lowest BCUT2D eigenvalue weighted by atomic mass is 10.2. The third kappa shape index (κ3) is 2.62. The Morgan fingerprint density at radius 2 is 1.91 bits per heavy atom. The highest BCUT2D eigenvalue weighted by molar-refractivity contribution is 6.31. The number of nitrogens with zero attached hydrogens (tertiary/aromatic N) is 2. The molecule has 5 heteroatoms. The Balaban J connectivity index is 1.81. The molecule has 0 amide bonds. The van der Waals surface area contributed by atoms with Crippen LogP contribution < -0.4 is 5.32 Å². The van der Waals surface area contributed by atoms with Crippen LogP contribution in [0.15, 0.2) is 52.9 Å². The number of hydrogen-bond acceptors (Lipinski definition) is 4. The fourth-order valence-electron chi connectivity index (χ4n) is 2.63. The average Bonchev–Trinajstić information content (AvgIpc) is 2.91. The first-order chi connectivity index (χ1) is 11.2. The maximum atomic E-state index is 6.10. The van der Waals surface area contributed by atoms with Crippen LogP contribution in [-0.4, -0.2) is 9.97 Å². The Morgan fingerprint density at radius 3 is 2.74 bits per heavy atom. The van der Waals surface area contributed by atoms with E-state index in [2.05, 4.69) is 27.4 Å². The molecule has 2 aromatic heterocycles. The van der Waals surface area contributed by atoms with Gasteiger partial charge in [0.25, 0.3) is 0 Å². The summed E-state index contributed by atoms with van der Waals surface area (Å²) in [4.78, 5) is 9.00. The van der Waals surface area contributed by atoms with Crippen molar-refractivity contribution < 1.29 is 4.42 Å². The predicted molar refractivity (Wildman–Crippen MR) is 92.8 cm³/mol. The molecular weight excluding hydrogens is 310 g/mol. The van der Waals surface area contributed by atoms with Crippen LogP contribution >= 0.6 is 11.6 Å². The molecule has 0 spiro atoms. The van der Waals surface area contributed by atoms with Crippen molar-refractivity contribution in [2.24, 2.45) is 0 Å². The summed E-state index contributed by atoms with van der Waals surface area (Å²) in [6.07, 6.45) is 0. The van der Waals surface area contributed by atoms with Crippen molar-refractivity contribution in [2.45, 2.75) is 13.5 Å². The molecular formula is C18H14ClN3O. The van der Waals surface area contributed by atoms with Gasteiger partial charge in [-0.3, -0.25) is 0 Å². The first-order valence-corrected chi connectivity index (χ1v) is 7.73. The number of furan rings is 1. The number of fused-ring (bicyclic) bond motifs is 3. The minimum atomic E-state index is 0.656. The molecule has 0 saturated heterocycles. The Bertz CT molecular complexity index is 995. The van der Waals surface area contributed by atoms with Crippen LogP contribution in [0, 0.1) is 6.92 Å². The van der Waals surface area contributed by atoms with Crippen LogP contribution in [0.2, 0.25) is 5.02 Å². The van der Waals surface area contributed by atoms with E-state index in [0.29, 0.717) is 28.8 Å². The van der Waals surface area contributed by atoms with Gasteiger partial charge in [-0.2, -0.15) is 0 Å². The van der Waals surface area contributed by atoms with Crippen molar-refractivity contribution in [2.75, 3.05) is 5.32 Å². The third-order valence-corrected chi connectivity index (χ3v) is 3.92. The van der Waals surface area contributed by atoms with Gasteiger partial charge in [-0.15, -0.1) is 0 Å². The topological polar surface area (TPSA) is 51.0 Å². The van der Waals surface area contributed by atoms with E-state index in [4.69, 9.17) is 16.0 Å². The zero-order chi connectivity index (χ0) is 15.8. The van der Waals surface area contributed by atoms with Crippen molar-refractivity contribution >= 4 is 39.5 Å². The van der Waals surface area contributed by atoms with Gasteiger partial charge in [0.2, 0.25) is 0 Å². The second-order valence-electron chi connectivity index (χ2n) is 5.38. The highest BCUT2D eigenvalue weighted by atomic mass is 35.5. The lowest BCUT2D eigenvalue weighted by Gasteiger charge is -2.06. The predicted octanol–water partition coefficient (Wildman–Crippen LogP) is 4.95. The fraction of sp³-hybridized carbons (Fsp3) is 0.111. The van der Waals surface area contributed by atoms with Gasteiger partial charge >= 0.3 is 0 Å². The van der Waals surface area contributed by atoms with Gasteiger partial charge in [-0.1, -0.05) is 41.9 Å². The molecule has 4 rings (SSSR count). The summed E-state index contributed by atoms with van der Waals surface area (Å²) in [7, 11) is 0. The monoisotopic (exact) mass is 323 g/mol. The van der Waals surface area contributed by atoms with Crippen LogP contribution in [0.1, 0.15) is 11.4 Å². The summed E-state index contributed by atoms with van der Waals surface area (Å²) in [5, 5.41) is 4.91. The molecule has 0 aliphatic rings. The molecule has 0 aliphatic carbocycles. The Hall–Kier alpha value is -2.59. The van der Waals surface area contributed by atoms with E-state index in [-0.39, 0.29) is 0 Å². The standard InChI is InChI=1S/C18H14ClN3O/c1-11-21-16-14-9-13(19)7-8-15(14)23-17(16)18(22-11)20-10-12-5-3-2-4-6-12/h2-9H,10H2,1H3,(H,20,21,22). The third-order valence-electron chi connectivity index (χ3n) is 3.69. The highest BCUT2D eigenvalue weighted by Gasteiger charge is 2.14. The largest absolute Gasteiger partial charge is 0.450 e. The van der Waals surface area contributed by atoms with Crippen molar-refractivity contribution in [3.63, 3.8) is 0 Å². The van der Waals surface area contributed by atoms with Crippen molar-refractivity contribution in [1.82, 2.24) is 9.97 Å². The van der Waals surface area contributed by atoms with Crippen LogP contribution in [0.25, 0.3) is 22.1 Å². The summed E-state index contributed by atoms with van der Waals surface area (Å²) in [5.74, 6) is 1.39. The van der Waals surface area contributed by atoms with Gasteiger partial charge < -0.3 is 9.73 Å². The molecule has 0 fully saturated rings. The summed E-state index contributed by atoms with van der Waals surface area (Å²) >= 11 is 6.10. The smallest absolute Gasteiger partial charge is 0.196 e. The second kappa shape index (κ2) is 5.56. The number of hydrogen-bond donors (Lipinski definition) is 1. The summed E-state index contributed by atoms with van der Waals surface area (Å²) in [5.41, 5.74) is 3.37. The Morgan fingerprint density at radius 1 is 1.09 bits per heavy atom. The van der Waals surface area contributed by atoms with Crippen molar-refractivity contribution in [3.8, 4) is 0 Å². The van der Waals surface area contributed by atoms with E-state index < -0.39 is 0 Å². The fourth-order valence-corrected chi connectivity index (χ4v) is 2.80. The molecule has 0 radical (unpaired) electrons. The number of rotatable bonds is 3. The minimum absolute atomic E-state index is 0.656. The van der Waals surface area contributed by atoms with E-state index in [1.165, 1.54) is 5.56 Å². The lowest BCUT2D eigenvalue weighted by molar-refractivity contribution is 0.666. The van der Waals surface area contributed by atoms with Crippen molar-refractivity contribution in [1.29, 1.82) is 0 Å². The van der Waals surface area contributed by atoms with Crippen LogP contribution in [0.4, 0.5) is 5.82 Å². The first kappa shape index (κ1) is 14.0. The van der Waals surface area contributed by atoms with E-state index in [9.17, 15) is 0 Å². The zero-order valence-corrected chi connectivity index (χ0v) is 13.3. The number of aromatic nitrogens is 2. The number of benzene rings is 2. The van der Waals surface area contributed by atoms with Gasteiger partial charge in [-0.05, 0) is 30.7 Å². The first-order valence-electron chi connectivity index (χ1n) is 7.35. The maximum Gasteiger partial charge on any atom is 0.196 e. The normalized spacial score (nSPS) is 11.2. The van der Waals surface area contributed by atoms with Crippen LogP contribution in [0.5, 0.6) is 0 Å². The minimum Gasteiger partial charge on any atom is -0.450 e. The number of nitrogens with one attached hydrogen (secondary N) is 1. The van der Waals surface area contributed by atoms with Gasteiger partial charge in [0.05, 0.1) is 0 Å². The number of anilines is 1. The molecule has 4 aromatic rings. The molecule has 2 heterocycles. The van der Waals surface area contributed by atoms with Crippen LogP contribution in [0.3, 0.4) is 0 Å². The molecule has 114 valence electrons. The molecule has 0 atom stereocenters. The molecule has 0 saturated carbocycles. The summed E-state index contributed by atoms with van der Waals surface area (Å²) < 4.78 is 5.94. The molecule has 0 aliphatic heterocycles. The molecule has 0 unspecified atom stereocenters. The quantitative estimate of drug-likeness (QED) is 0.579. The number of aryl methyl sites for hydroxylation is 1. The second-order valence-corrected chi connectivity index (χ2v) is 5.82. The van der Waals surface area contributed by atoms with Gasteiger partial charge in [0.15, 0.2) is 11.4 Å². The molecule has 23 heavy (non-hydrogen) atoms. The van der Waals surface area contributed by atoms with E-state index in [1.54, 1.807) is 0 Å². The van der Waals surface area contributed by atoms with E-state index >= 15 is 0 Å². The lowest BCUT2D eigenvalue weighted by Crippen LogP contribution is -2.03. The highest BCUT2D eigenvalue weighted by Crippen LogP contribution is 2.32. The van der Waals surface area contributed by atoms with E-state index in [0.717, 1.165) is 16.5 Å². The van der Waals surface area contributed by atoms with Gasteiger partial charge in [-0.25, -0.2) is 9.97 Å². The SMILES string of the molecule is Cc1nc(NCc2ccccc2)c2oc3ccc(Cl)cc3c2n1. The summed E-state index contributed by atoms with van der Waals surface area (Å²) in [6.45, 7) is 2.54. The van der Waals surface area contributed by atoms with Crippen molar-refractivity contribution in [3.05, 3.63) is 64.9 Å². The molecule has 2 aromatic carbocycles. The molecule has 0 bridgehead atoms. The van der Waals surface area contributed by atoms with Gasteiger partial charge in [0.1, 0.15) is 16.9 Å². The number of halogens is 1. The molecule has 4 nitrogen and oxygen atoms in total.